The van der Waals surface area contributed by atoms with Gasteiger partial charge in [-0.15, -0.1) is 12.6 Å². The smallest absolute Gasteiger partial charge is 0.181 e. The highest BCUT2D eigenvalue weighted by molar-refractivity contribution is 7.84. The summed E-state index contributed by atoms with van der Waals surface area (Å²) in [5.41, 5.74) is 1.88. The predicted molar refractivity (Wildman–Crippen MR) is 39.0 cm³/mol. The summed E-state index contributed by atoms with van der Waals surface area (Å²) >= 11 is 3.46. The second-order valence-electron chi connectivity index (χ2n) is 1.83. The lowest BCUT2D eigenvalue weighted by Crippen LogP contribution is -1.74. The first-order chi connectivity index (χ1) is 5.11. The highest BCUT2D eigenvalue weighted by Gasteiger charge is 2.08. The number of hydrogen-bond acceptors (Lipinski definition) is 1. The number of thiol groups is 1. The first-order valence-electron chi connectivity index (χ1n) is 2.70. The van der Waals surface area contributed by atoms with E-state index in [0.717, 1.165) is 0 Å². The molecule has 0 heterocycles. The van der Waals surface area contributed by atoms with Crippen LogP contribution in [-0.2, 0) is 0 Å². The molecule has 0 aromatic rings. The van der Waals surface area contributed by atoms with Crippen molar-refractivity contribution in [1.29, 1.82) is 0 Å². The Bertz CT molecular complexity index is 306. The van der Waals surface area contributed by atoms with E-state index < -0.39 is 22.4 Å². The van der Waals surface area contributed by atoms with Crippen LogP contribution in [0.3, 0.4) is 0 Å². The van der Waals surface area contributed by atoms with Crippen molar-refractivity contribution >= 4 is 12.6 Å². The Hall–Kier alpha value is -0.860. The van der Waals surface area contributed by atoms with Gasteiger partial charge in [0, 0.05) is 12.2 Å². The average molecular weight is 176 g/mol. The lowest BCUT2D eigenvalue weighted by atomic mass is 10.4. The summed E-state index contributed by atoms with van der Waals surface area (Å²) in [5.74, 6) is -2.93. The molecule has 0 atom stereocenters. The van der Waals surface area contributed by atoms with Crippen molar-refractivity contribution < 1.29 is 13.2 Å². The first-order valence-corrected chi connectivity index (χ1v) is 3.14. The van der Waals surface area contributed by atoms with Gasteiger partial charge in [0.1, 0.15) is 11.7 Å². The number of allylic oxidation sites excluding steroid dienone is 4. The van der Waals surface area contributed by atoms with Gasteiger partial charge in [0.25, 0.3) is 0 Å². The van der Waals surface area contributed by atoms with E-state index >= 15 is 0 Å². The molecule has 0 N–H and O–H groups in total. The summed E-state index contributed by atoms with van der Waals surface area (Å²) in [6, 6.07) is 0. The zero-order chi connectivity index (χ0) is 8.43. The van der Waals surface area contributed by atoms with E-state index in [2.05, 4.69) is 12.6 Å². The lowest BCUT2D eigenvalue weighted by Gasteiger charge is -1.90. The van der Waals surface area contributed by atoms with Crippen molar-refractivity contribution in [3.05, 3.63) is 40.3 Å². The molecule has 0 amide bonds. The van der Waals surface area contributed by atoms with Gasteiger partial charge in [-0.05, 0) is 0 Å². The Morgan fingerprint density at radius 1 is 1.27 bits per heavy atom. The standard InChI is InChI=1S/C7H3F3S/c8-4-1-2-5(9)7(11)6(10)3-4/h1,3,11H. The lowest BCUT2D eigenvalue weighted by molar-refractivity contribution is 0.619. The molecule has 0 saturated carbocycles. The van der Waals surface area contributed by atoms with Gasteiger partial charge >= 0.3 is 0 Å². The summed E-state index contributed by atoms with van der Waals surface area (Å²) in [6.45, 7) is 0. The molecular formula is C7H3F3S. The maximum atomic E-state index is 12.5. The van der Waals surface area contributed by atoms with Gasteiger partial charge in [-0.2, -0.15) is 4.39 Å². The Kier molecular flexibility index (Phi) is 2.27. The zero-order valence-electron chi connectivity index (χ0n) is 5.24. The topological polar surface area (TPSA) is 0 Å². The second kappa shape index (κ2) is 3.03. The molecule has 0 unspecified atom stereocenters. The minimum Gasteiger partial charge on any atom is -0.206 e. The van der Waals surface area contributed by atoms with E-state index in [1.54, 1.807) is 0 Å². The Morgan fingerprint density at radius 2 is 1.91 bits per heavy atom. The normalized spacial score (nSPS) is 17.8. The number of halogens is 3. The Labute approximate surface area is 66.8 Å². The van der Waals surface area contributed by atoms with Crippen LogP contribution >= 0.6 is 12.6 Å². The summed E-state index contributed by atoms with van der Waals surface area (Å²) in [7, 11) is 0. The van der Waals surface area contributed by atoms with E-state index in [1.807, 2.05) is 5.73 Å². The fraction of sp³-hybridized carbons (Fsp3) is 0. The fourth-order valence-electron chi connectivity index (χ4n) is 0.537. The molecule has 58 valence electrons. The highest BCUT2D eigenvalue weighted by atomic mass is 32.1. The molecule has 0 nitrogen and oxygen atoms in total. The minimum absolute atomic E-state index is 0.533. The van der Waals surface area contributed by atoms with Crippen LogP contribution < -0.4 is 0 Å². The molecular weight excluding hydrogens is 173 g/mol. The minimum atomic E-state index is -1.04. The maximum Gasteiger partial charge on any atom is 0.181 e. The maximum absolute atomic E-state index is 12.5. The van der Waals surface area contributed by atoms with Crippen LogP contribution in [0.4, 0.5) is 13.2 Å². The van der Waals surface area contributed by atoms with Crippen molar-refractivity contribution in [2.24, 2.45) is 0 Å². The van der Waals surface area contributed by atoms with Crippen molar-refractivity contribution in [2.45, 2.75) is 0 Å². The van der Waals surface area contributed by atoms with Gasteiger partial charge in [-0.3, -0.25) is 0 Å². The molecule has 1 aliphatic carbocycles. The van der Waals surface area contributed by atoms with Crippen LogP contribution in [-0.4, -0.2) is 0 Å². The molecule has 0 aromatic carbocycles. The van der Waals surface area contributed by atoms with Crippen LogP contribution in [0.2, 0.25) is 0 Å². The van der Waals surface area contributed by atoms with Crippen molar-refractivity contribution in [3.8, 4) is 0 Å². The van der Waals surface area contributed by atoms with Gasteiger partial charge in [-0.25, -0.2) is 8.78 Å². The fourth-order valence-corrected chi connectivity index (χ4v) is 0.666. The van der Waals surface area contributed by atoms with Crippen molar-refractivity contribution in [1.82, 2.24) is 0 Å². The third-order valence-corrected chi connectivity index (χ3v) is 1.45. The van der Waals surface area contributed by atoms with E-state index in [1.165, 1.54) is 0 Å². The molecule has 0 aliphatic heterocycles. The van der Waals surface area contributed by atoms with E-state index in [4.69, 9.17) is 0 Å². The van der Waals surface area contributed by atoms with Crippen LogP contribution in [0, 0.1) is 0 Å². The molecule has 11 heavy (non-hydrogen) atoms. The van der Waals surface area contributed by atoms with Crippen molar-refractivity contribution in [3.63, 3.8) is 0 Å². The van der Waals surface area contributed by atoms with Crippen molar-refractivity contribution in [2.75, 3.05) is 0 Å². The van der Waals surface area contributed by atoms with Crippen LogP contribution in [0.15, 0.2) is 40.3 Å². The monoisotopic (exact) mass is 176 g/mol. The van der Waals surface area contributed by atoms with Gasteiger partial charge in [0.15, 0.2) is 5.83 Å². The number of hydrogen-bond donors (Lipinski definition) is 1. The molecule has 0 aromatic heterocycles. The Balaban J connectivity index is 3.26. The Morgan fingerprint density at radius 3 is 2.55 bits per heavy atom. The number of rotatable bonds is 0. The molecule has 0 bridgehead atoms. The molecule has 0 fully saturated rings. The molecule has 4 heteroatoms. The summed E-state index contributed by atoms with van der Waals surface area (Å²) in [6.07, 6.45) is 1.25. The van der Waals surface area contributed by atoms with Gasteiger partial charge in [0.2, 0.25) is 0 Å². The third-order valence-electron chi connectivity index (χ3n) is 1.04. The summed E-state index contributed by atoms with van der Waals surface area (Å²) in [5, 5.41) is 0. The molecule has 1 aliphatic rings. The van der Waals surface area contributed by atoms with E-state index in [-0.39, 0.29) is 0 Å². The second-order valence-corrected chi connectivity index (χ2v) is 2.28. The SMILES string of the molecule is FC1=C=CC(F)=CC(F)=C1S. The van der Waals surface area contributed by atoms with Gasteiger partial charge < -0.3 is 0 Å². The zero-order valence-corrected chi connectivity index (χ0v) is 6.13. The van der Waals surface area contributed by atoms with Gasteiger partial charge in [-0.1, -0.05) is 5.73 Å². The predicted octanol–water partition coefficient (Wildman–Crippen LogP) is 2.97. The highest BCUT2D eigenvalue weighted by Crippen LogP contribution is 2.24. The molecule has 0 spiro atoms. The largest absolute Gasteiger partial charge is 0.206 e. The quantitative estimate of drug-likeness (QED) is 0.425. The van der Waals surface area contributed by atoms with E-state index in [9.17, 15) is 13.2 Å². The van der Waals surface area contributed by atoms with Gasteiger partial charge in [0.05, 0.1) is 4.91 Å². The third kappa shape index (κ3) is 1.79. The molecule has 1 rings (SSSR count). The summed E-state index contributed by atoms with van der Waals surface area (Å²) < 4.78 is 37.3. The van der Waals surface area contributed by atoms with Crippen LogP contribution in [0.5, 0.6) is 0 Å². The average Bonchev–Trinajstić information content (AvgIpc) is 2.05. The summed E-state index contributed by atoms with van der Waals surface area (Å²) in [4.78, 5) is -0.533. The first kappa shape index (κ1) is 8.24. The van der Waals surface area contributed by atoms with Crippen LogP contribution in [0.1, 0.15) is 0 Å². The molecule has 0 saturated heterocycles. The van der Waals surface area contributed by atoms with E-state index in [0.29, 0.717) is 12.2 Å². The molecule has 0 radical (unpaired) electrons. The van der Waals surface area contributed by atoms with Crippen LogP contribution in [0.25, 0.3) is 0 Å².